The van der Waals surface area contributed by atoms with Gasteiger partial charge in [0.1, 0.15) is 5.75 Å². The molecule has 3 aromatic carbocycles. The summed E-state index contributed by atoms with van der Waals surface area (Å²) in [4.78, 5) is 1.45. The fourth-order valence-electron chi connectivity index (χ4n) is 4.52. The third-order valence-corrected chi connectivity index (χ3v) is 6.03. The fourth-order valence-corrected chi connectivity index (χ4v) is 4.52. The number of alkyl halides is 6. The minimum absolute atomic E-state index is 0.352. The van der Waals surface area contributed by atoms with Crippen LogP contribution >= 0.6 is 0 Å². The van der Waals surface area contributed by atoms with E-state index in [9.17, 15) is 36.7 Å². The average molecular weight is 506 g/mol. The van der Waals surface area contributed by atoms with E-state index in [-0.39, 0.29) is 0 Å². The van der Waals surface area contributed by atoms with E-state index in [0.717, 1.165) is 6.07 Å². The van der Waals surface area contributed by atoms with E-state index in [2.05, 4.69) is 4.74 Å². The number of hydrogen-bond acceptors (Lipinski definition) is 4. The highest BCUT2D eigenvalue weighted by atomic mass is 19.4. The maximum absolute atomic E-state index is 13.3. The van der Waals surface area contributed by atoms with E-state index in [1.807, 2.05) is 6.07 Å². The molecular formula is C26H20F6N2O2. The van der Waals surface area contributed by atoms with Gasteiger partial charge in [-0.05, 0) is 65.4 Å². The van der Waals surface area contributed by atoms with E-state index in [4.69, 9.17) is 0 Å². The van der Waals surface area contributed by atoms with Crippen molar-refractivity contribution >= 4 is 5.69 Å². The quantitative estimate of drug-likeness (QED) is 0.399. The van der Waals surface area contributed by atoms with E-state index in [0.29, 0.717) is 46.3 Å². The van der Waals surface area contributed by atoms with Gasteiger partial charge in [0.15, 0.2) is 6.10 Å². The lowest BCUT2D eigenvalue weighted by molar-refractivity contribution is -0.274. The van der Waals surface area contributed by atoms with Gasteiger partial charge in [-0.2, -0.15) is 18.4 Å². The van der Waals surface area contributed by atoms with Gasteiger partial charge in [-0.25, -0.2) is 0 Å². The van der Waals surface area contributed by atoms with E-state index < -0.39 is 37.0 Å². The van der Waals surface area contributed by atoms with E-state index in [1.54, 1.807) is 48.5 Å². The maximum Gasteiger partial charge on any atom is 0.573 e. The number of halogens is 6. The molecule has 3 aromatic rings. The molecule has 1 aliphatic heterocycles. The van der Waals surface area contributed by atoms with Gasteiger partial charge in [-0.1, -0.05) is 36.4 Å². The third-order valence-electron chi connectivity index (χ3n) is 6.03. The Morgan fingerprint density at radius 3 is 2.42 bits per heavy atom. The Kier molecular flexibility index (Phi) is 6.87. The molecule has 36 heavy (non-hydrogen) atoms. The van der Waals surface area contributed by atoms with Crippen LogP contribution in [0, 0.1) is 11.3 Å². The Hall–Kier alpha value is -3.71. The molecule has 0 fully saturated rings. The van der Waals surface area contributed by atoms with Crippen LogP contribution in [-0.2, 0) is 6.42 Å². The number of nitrogens with zero attached hydrogens (tertiary/aromatic N) is 2. The lowest BCUT2D eigenvalue weighted by Gasteiger charge is -2.41. The normalized spacial score (nSPS) is 16.7. The van der Waals surface area contributed by atoms with Gasteiger partial charge in [0, 0.05) is 5.69 Å². The topological polar surface area (TPSA) is 56.5 Å². The summed E-state index contributed by atoms with van der Waals surface area (Å²) in [5.74, 6) is -0.413. The number of β-amino-alcohol motifs (C(OH)–C–C–N with tert-alkyl or cyclic N) is 1. The first kappa shape index (κ1) is 25.4. The smallest absolute Gasteiger partial charge is 0.406 e. The molecule has 0 amide bonds. The number of benzene rings is 3. The molecule has 2 atom stereocenters. The number of aliphatic hydroxyl groups is 1. The summed E-state index contributed by atoms with van der Waals surface area (Å²) in [6.45, 7) is -0.751. The highest BCUT2D eigenvalue weighted by Gasteiger charge is 2.42. The van der Waals surface area contributed by atoms with Crippen LogP contribution < -0.4 is 9.64 Å². The van der Waals surface area contributed by atoms with Crippen LogP contribution in [0.5, 0.6) is 5.75 Å². The molecule has 0 bridgehead atoms. The first-order valence-corrected chi connectivity index (χ1v) is 11.0. The molecule has 0 saturated heterocycles. The van der Waals surface area contributed by atoms with E-state index in [1.165, 1.54) is 17.0 Å². The van der Waals surface area contributed by atoms with Crippen LogP contribution in [0.3, 0.4) is 0 Å². The second-order valence-corrected chi connectivity index (χ2v) is 8.38. The summed E-state index contributed by atoms with van der Waals surface area (Å²) >= 11 is 0. The van der Waals surface area contributed by atoms with Gasteiger partial charge in [-0.15, -0.1) is 13.2 Å². The minimum Gasteiger partial charge on any atom is -0.406 e. The zero-order valence-corrected chi connectivity index (χ0v) is 18.6. The van der Waals surface area contributed by atoms with Crippen LogP contribution in [0.25, 0.3) is 11.1 Å². The number of aliphatic hydroxyl groups excluding tert-OH is 1. The number of rotatable bonds is 5. The minimum atomic E-state index is -4.87. The summed E-state index contributed by atoms with van der Waals surface area (Å²) in [6, 6.07) is 18.3. The summed E-state index contributed by atoms with van der Waals surface area (Å²) in [6.07, 6.45) is -11.6. The molecule has 1 N–H and O–H groups in total. The zero-order valence-electron chi connectivity index (χ0n) is 18.6. The van der Waals surface area contributed by atoms with E-state index >= 15 is 0 Å². The van der Waals surface area contributed by atoms with Crippen LogP contribution in [0.1, 0.15) is 29.2 Å². The number of ether oxygens (including phenoxy) is 1. The number of fused-ring (bicyclic) bond motifs is 1. The van der Waals surface area contributed by atoms with Crippen molar-refractivity contribution < 1.29 is 36.2 Å². The van der Waals surface area contributed by atoms with Gasteiger partial charge < -0.3 is 14.7 Å². The monoisotopic (exact) mass is 506 g/mol. The summed E-state index contributed by atoms with van der Waals surface area (Å²) < 4.78 is 82.1. The highest BCUT2D eigenvalue weighted by molar-refractivity contribution is 5.76. The van der Waals surface area contributed by atoms with Crippen molar-refractivity contribution in [3.05, 3.63) is 83.4 Å². The molecule has 4 nitrogen and oxygen atoms in total. The number of anilines is 1. The van der Waals surface area contributed by atoms with Crippen LogP contribution in [0.2, 0.25) is 0 Å². The molecule has 188 valence electrons. The molecule has 10 heteroatoms. The first-order valence-electron chi connectivity index (χ1n) is 11.0. The van der Waals surface area contributed by atoms with Crippen molar-refractivity contribution in [2.75, 3.05) is 11.4 Å². The lowest BCUT2D eigenvalue weighted by atomic mass is 9.86. The van der Waals surface area contributed by atoms with Crippen molar-refractivity contribution in [1.29, 1.82) is 5.26 Å². The molecule has 2 unspecified atom stereocenters. The third kappa shape index (κ3) is 5.57. The Bertz CT molecular complexity index is 1280. The predicted octanol–water partition coefficient (Wildman–Crippen LogP) is 6.54. The Morgan fingerprint density at radius 2 is 1.72 bits per heavy atom. The number of nitriles is 1. The summed E-state index contributed by atoms with van der Waals surface area (Å²) in [7, 11) is 0. The van der Waals surface area contributed by atoms with Gasteiger partial charge in [-0.3, -0.25) is 0 Å². The fraction of sp³-hybridized carbons (Fsp3) is 0.269. The molecule has 0 spiro atoms. The zero-order chi connectivity index (χ0) is 26.1. The van der Waals surface area contributed by atoms with Crippen molar-refractivity contribution in [2.24, 2.45) is 0 Å². The van der Waals surface area contributed by atoms with Crippen molar-refractivity contribution in [3.63, 3.8) is 0 Å². The molecule has 1 aliphatic rings. The second-order valence-electron chi connectivity index (χ2n) is 8.38. The Morgan fingerprint density at radius 1 is 1.00 bits per heavy atom. The van der Waals surface area contributed by atoms with Crippen LogP contribution in [0.15, 0.2) is 66.7 Å². The summed E-state index contributed by atoms with van der Waals surface area (Å²) in [5.41, 5.74) is 3.01. The highest BCUT2D eigenvalue weighted by Crippen LogP contribution is 2.44. The standard InChI is InChI=1S/C26H20F6N2O2/c27-25(28,29)24(35)15-34-22(18-6-1-4-16(12-18)14-33)11-10-21-20(8-3-9-23(21)34)17-5-2-7-19(13-17)36-26(30,31)32/h1-9,12-13,22,24,35H,10-11,15H2. The van der Waals surface area contributed by atoms with Gasteiger partial charge in [0.05, 0.1) is 24.2 Å². The second kappa shape index (κ2) is 9.74. The Balaban J connectivity index is 1.79. The molecule has 0 saturated carbocycles. The number of hydrogen-bond donors (Lipinski definition) is 1. The molecule has 1 heterocycles. The molecule has 4 rings (SSSR count). The van der Waals surface area contributed by atoms with Gasteiger partial charge in [0.25, 0.3) is 0 Å². The first-order chi connectivity index (χ1) is 17.0. The van der Waals surface area contributed by atoms with Crippen molar-refractivity contribution in [1.82, 2.24) is 0 Å². The van der Waals surface area contributed by atoms with Crippen LogP contribution in [-0.4, -0.2) is 30.3 Å². The maximum atomic E-state index is 13.3. The van der Waals surface area contributed by atoms with Gasteiger partial charge in [0.2, 0.25) is 0 Å². The van der Waals surface area contributed by atoms with Crippen LogP contribution in [0.4, 0.5) is 32.0 Å². The van der Waals surface area contributed by atoms with Gasteiger partial charge >= 0.3 is 12.5 Å². The lowest BCUT2D eigenvalue weighted by Crippen LogP contribution is -2.44. The predicted molar refractivity (Wildman–Crippen MR) is 120 cm³/mol. The van der Waals surface area contributed by atoms with Crippen molar-refractivity contribution in [2.45, 2.75) is 37.5 Å². The SMILES string of the molecule is N#Cc1cccc(C2CCc3c(-c4cccc(OC(F)(F)F)c4)cccc3N2CC(O)C(F)(F)F)c1. The molecular weight excluding hydrogens is 486 g/mol. The molecule has 0 aromatic heterocycles. The van der Waals surface area contributed by atoms with Crippen molar-refractivity contribution in [3.8, 4) is 22.9 Å². The molecule has 0 aliphatic carbocycles. The Labute approximate surface area is 203 Å². The molecule has 0 radical (unpaired) electrons. The average Bonchev–Trinajstić information content (AvgIpc) is 2.82. The largest absolute Gasteiger partial charge is 0.573 e. The summed E-state index contributed by atoms with van der Waals surface area (Å²) in [5, 5.41) is 19.2.